The van der Waals surface area contributed by atoms with Crippen LogP contribution in [0.5, 0.6) is 0 Å². The Bertz CT molecular complexity index is 420. The Balaban J connectivity index is 2.75. The van der Waals surface area contributed by atoms with Gasteiger partial charge in [0.2, 0.25) is 5.91 Å². The number of carbonyl (C=O) groups excluding carboxylic acids is 1. The largest absolute Gasteiger partial charge is 0.358 e. The molecule has 0 fully saturated rings. The van der Waals surface area contributed by atoms with E-state index < -0.39 is 0 Å². The average Bonchev–Trinajstić information content (AvgIpc) is 2.36. The molecule has 19 heavy (non-hydrogen) atoms. The third kappa shape index (κ3) is 5.33. The summed E-state index contributed by atoms with van der Waals surface area (Å²) in [4.78, 5) is 11.9. The van der Waals surface area contributed by atoms with Crippen LogP contribution in [0, 0.1) is 5.92 Å². The van der Waals surface area contributed by atoms with E-state index in [1.54, 1.807) is 7.05 Å². The van der Waals surface area contributed by atoms with Crippen LogP contribution in [0.15, 0.2) is 28.7 Å². The maximum atomic E-state index is 11.9. The maximum Gasteiger partial charge on any atom is 0.236 e. The van der Waals surface area contributed by atoms with Gasteiger partial charge in [-0.15, -0.1) is 0 Å². The zero-order valence-corrected chi connectivity index (χ0v) is 13.6. The molecule has 0 spiro atoms. The molecule has 1 rings (SSSR count). The van der Waals surface area contributed by atoms with Crippen molar-refractivity contribution in [1.29, 1.82) is 0 Å². The molecule has 1 aromatic rings. The van der Waals surface area contributed by atoms with Gasteiger partial charge >= 0.3 is 0 Å². The Labute approximate surface area is 124 Å². The standard InChI is InChI=1S/C15H23BrN2O/c1-10(2)8-14(15(19)17-4)18-11(3)12-6-5-7-13(16)9-12/h5-7,9-11,14,18H,8H2,1-4H3,(H,17,19). The number of amides is 1. The summed E-state index contributed by atoms with van der Waals surface area (Å²) in [6.45, 7) is 6.33. The van der Waals surface area contributed by atoms with Gasteiger partial charge in [-0.3, -0.25) is 10.1 Å². The average molecular weight is 327 g/mol. The van der Waals surface area contributed by atoms with Crippen LogP contribution in [0.1, 0.15) is 38.8 Å². The highest BCUT2D eigenvalue weighted by Crippen LogP contribution is 2.19. The van der Waals surface area contributed by atoms with Crippen molar-refractivity contribution in [2.24, 2.45) is 5.92 Å². The van der Waals surface area contributed by atoms with Crippen LogP contribution in [0.2, 0.25) is 0 Å². The highest BCUT2D eigenvalue weighted by atomic mass is 79.9. The minimum Gasteiger partial charge on any atom is -0.358 e. The fourth-order valence-corrected chi connectivity index (χ4v) is 2.49. The van der Waals surface area contributed by atoms with E-state index in [1.807, 2.05) is 12.1 Å². The second kappa shape index (κ2) is 7.65. The normalized spacial score (nSPS) is 14.2. The van der Waals surface area contributed by atoms with Crippen LogP contribution in [-0.2, 0) is 4.79 Å². The Morgan fingerprint density at radius 3 is 2.53 bits per heavy atom. The highest BCUT2D eigenvalue weighted by molar-refractivity contribution is 9.10. The topological polar surface area (TPSA) is 41.1 Å². The first-order valence-corrected chi connectivity index (χ1v) is 7.46. The van der Waals surface area contributed by atoms with E-state index in [0.717, 1.165) is 10.9 Å². The number of nitrogens with one attached hydrogen (secondary N) is 2. The van der Waals surface area contributed by atoms with E-state index in [-0.39, 0.29) is 18.0 Å². The van der Waals surface area contributed by atoms with E-state index in [1.165, 1.54) is 5.56 Å². The van der Waals surface area contributed by atoms with Gasteiger partial charge in [0.25, 0.3) is 0 Å². The molecular weight excluding hydrogens is 304 g/mol. The molecular formula is C15H23BrN2O. The number of hydrogen-bond donors (Lipinski definition) is 2. The van der Waals surface area contributed by atoms with E-state index in [4.69, 9.17) is 0 Å². The molecule has 3 nitrogen and oxygen atoms in total. The summed E-state index contributed by atoms with van der Waals surface area (Å²) in [5.74, 6) is 0.528. The number of halogens is 1. The predicted octanol–water partition coefficient (Wildman–Crippen LogP) is 3.26. The van der Waals surface area contributed by atoms with Crippen molar-refractivity contribution in [1.82, 2.24) is 10.6 Å². The summed E-state index contributed by atoms with van der Waals surface area (Å²) in [7, 11) is 1.68. The minimum absolute atomic E-state index is 0.0514. The fourth-order valence-electron chi connectivity index (χ4n) is 2.07. The van der Waals surface area contributed by atoms with Gasteiger partial charge < -0.3 is 5.32 Å². The summed E-state index contributed by atoms with van der Waals surface area (Å²) in [6.07, 6.45) is 0.831. The van der Waals surface area contributed by atoms with Crippen LogP contribution in [0.3, 0.4) is 0 Å². The number of carbonyl (C=O) groups is 1. The van der Waals surface area contributed by atoms with E-state index >= 15 is 0 Å². The minimum atomic E-state index is -0.154. The molecule has 0 aliphatic carbocycles. The molecule has 1 aromatic carbocycles. The van der Waals surface area contributed by atoms with Crippen molar-refractivity contribution in [2.45, 2.75) is 39.3 Å². The Hall–Kier alpha value is -0.870. The van der Waals surface area contributed by atoms with Gasteiger partial charge in [0, 0.05) is 17.6 Å². The molecule has 4 heteroatoms. The number of hydrogen-bond acceptors (Lipinski definition) is 2. The van der Waals surface area contributed by atoms with E-state index in [9.17, 15) is 4.79 Å². The van der Waals surface area contributed by atoms with Crippen LogP contribution in [0.4, 0.5) is 0 Å². The van der Waals surface area contributed by atoms with Gasteiger partial charge in [-0.2, -0.15) is 0 Å². The van der Waals surface area contributed by atoms with Crippen molar-refractivity contribution in [3.63, 3.8) is 0 Å². The molecule has 1 amide bonds. The fraction of sp³-hybridized carbons (Fsp3) is 0.533. The zero-order chi connectivity index (χ0) is 14.4. The summed E-state index contributed by atoms with van der Waals surface area (Å²) in [5, 5.41) is 6.14. The predicted molar refractivity (Wildman–Crippen MR) is 83.0 cm³/mol. The number of rotatable bonds is 6. The third-order valence-corrected chi connectivity index (χ3v) is 3.56. The molecule has 0 radical (unpaired) electrons. The molecule has 0 aliphatic heterocycles. The Morgan fingerprint density at radius 1 is 1.32 bits per heavy atom. The molecule has 0 aromatic heterocycles. The first-order valence-electron chi connectivity index (χ1n) is 6.67. The monoisotopic (exact) mass is 326 g/mol. The third-order valence-electron chi connectivity index (χ3n) is 3.07. The van der Waals surface area contributed by atoms with Crippen molar-refractivity contribution < 1.29 is 4.79 Å². The zero-order valence-electron chi connectivity index (χ0n) is 12.0. The summed E-state index contributed by atoms with van der Waals surface area (Å²) >= 11 is 3.47. The van der Waals surface area contributed by atoms with Gasteiger partial charge in [-0.1, -0.05) is 41.9 Å². The SMILES string of the molecule is CNC(=O)C(CC(C)C)NC(C)c1cccc(Br)c1. The molecule has 2 unspecified atom stereocenters. The maximum absolute atomic E-state index is 11.9. The second-order valence-electron chi connectivity index (χ2n) is 5.24. The van der Waals surface area contributed by atoms with Crippen LogP contribution >= 0.6 is 15.9 Å². The molecule has 0 saturated heterocycles. The van der Waals surface area contributed by atoms with Crippen LogP contribution in [-0.4, -0.2) is 19.0 Å². The lowest BCUT2D eigenvalue weighted by molar-refractivity contribution is -0.123. The van der Waals surface area contributed by atoms with E-state index in [2.05, 4.69) is 59.5 Å². The second-order valence-corrected chi connectivity index (χ2v) is 6.16. The highest BCUT2D eigenvalue weighted by Gasteiger charge is 2.21. The van der Waals surface area contributed by atoms with Crippen LogP contribution < -0.4 is 10.6 Å². The van der Waals surface area contributed by atoms with Gasteiger partial charge in [0.15, 0.2) is 0 Å². The van der Waals surface area contributed by atoms with Gasteiger partial charge in [-0.25, -0.2) is 0 Å². The van der Waals surface area contributed by atoms with Gasteiger partial charge in [-0.05, 0) is 37.0 Å². The Morgan fingerprint density at radius 2 is 2.00 bits per heavy atom. The van der Waals surface area contributed by atoms with E-state index in [0.29, 0.717) is 5.92 Å². The smallest absolute Gasteiger partial charge is 0.236 e. The molecule has 0 saturated carbocycles. The van der Waals surface area contributed by atoms with Crippen molar-refractivity contribution in [3.05, 3.63) is 34.3 Å². The summed E-state index contributed by atoms with van der Waals surface area (Å²) in [5.41, 5.74) is 1.17. The van der Waals surface area contributed by atoms with Crippen molar-refractivity contribution >= 4 is 21.8 Å². The lowest BCUT2D eigenvalue weighted by atomic mass is 10.0. The lowest BCUT2D eigenvalue weighted by Crippen LogP contribution is -2.44. The summed E-state index contributed by atoms with van der Waals surface area (Å²) in [6, 6.07) is 8.14. The Kier molecular flexibility index (Phi) is 6.52. The molecule has 2 N–H and O–H groups in total. The summed E-state index contributed by atoms with van der Waals surface area (Å²) < 4.78 is 1.05. The van der Waals surface area contributed by atoms with Crippen LogP contribution in [0.25, 0.3) is 0 Å². The van der Waals surface area contributed by atoms with Gasteiger partial charge in [0.05, 0.1) is 6.04 Å². The van der Waals surface area contributed by atoms with Crippen molar-refractivity contribution in [2.75, 3.05) is 7.05 Å². The molecule has 0 aliphatic rings. The lowest BCUT2D eigenvalue weighted by Gasteiger charge is -2.24. The molecule has 2 atom stereocenters. The molecule has 0 bridgehead atoms. The van der Waals surface area contributed by atoms with Crippen molar-refractivity contribution in [3.8, 4) is 0 Å². The number of benzene rings is 1. The molecule has 0 heterocycles. The number of likely N-dealkylation sites (N-methyl/N-ethyl adjacent to an activating group) is 1. The quantitative estimate of drug-likeness (QED) is 0.842. The van der Waals surface area contributed by atoms with Gasteiger partial charge in [0.1, 0.15) is 0 Å². The first-order chi connectivity index (χ1) is 8.93. The molecule has 106 valence electrons. The first kappa shape index (κ1) is 16.2.